The molecule has 18 heavy (non-hydrogen) atoms. The van der Waals surface area contributed by atoms with Gasteiger partial charge in [0.2, 0.25) is 0 Å². The van der Waals surface area contributed by atoms with Gasteiger partial charge in [0.15, 0.2) is 6.10 Å². The van der Waals surface area contributed by atoms with E-state index < -0.39 is 12.1 Å². The van der Waals surface area contributed by atoms with Gasteiger partial charge in [0.1, 0.15) is 0 Å². The minimum atomic E-state index is -1.14. The van der Waals surface area contributed by atoms with E-state index in [9.17, 15) is 9.90 Å². The molecule has 0 aliphatic carbocycles. The van der Waals surface area contributed by atoms with Crippen LogP contribution in [0.1, 0.15) is 18.9 Å². The summed E-state index contributed by atoms with van der Waals surface area (Å²) in [7, 11) is 0. The maximum absolute atomic E-state index is 11.2. The number of ether oxygens (including phenoxy) is 1. The molecule has 0 saturated heterocycles. The third-order valence-electron chi connectivity index (χ3n) is 2.50. The molecular formula is C13H18BrNO3. The van der Waals surface area contributed by atoms with Crippen LogP contribution in [0.5, 0.6) is 0 Å². The zero-order chi connectivity index (χ0) is 13.5. The predicted molar refractivity (Wildman–Crippen MR) is 73.1 cm³/mol. The largest absolute Gasteiger partial charge is 0.464 e. The minimum Gasteiger partial charge on any atom is -0.464 e. The summed E-state index contributed by atoms with van der Waals surface area (Å²) < 4.78 is 5.73. The Morgan fingerprint density at radius 3 is 2.61 bits per heavy atom. The van der Waals surface area contributed by atoms with Gasteiger partial charge in [-0.25, -0.2) is 4.79 Å². The zero-order valence-corrected chi connectivity index (χ0v) is 11.9. The lowest BCUT2D eigenvalue weighted by Gasteiger charge is -2.15. The van der Waals surface area contributed by atoms with Crippen molar-refractivity contribution in [1.29, 1.82) is 0 Å². The Labute approximate surface area is 115 Å². The highest BCUT2D eigenvalue weighted by Gasteiger charge is 2.19. The van der Waals surface area contributed by atoms with Gasteiger partial charge in [-0.2, -0.15) is 0 Å². The fraction of sp³-hybridized carbons (Fsp3) is 0.462. The van der Waals surface area contributed by atoms with Crippen molar-refractivity contribution in [3.05, 3.63) is 34.3 Å². The van der Waals surface area contributed by atoms with Crippen molar-refractivity contribution in [2.45, 2.75) is 31.9 Å². The van der Waals surface area contributed by atoms with E-state index in [1.165, 1.54) is 0 Å². The highest BCUT2D eigenvalue weighted by atomic mass is 79.9. The monoisotopic (exact) mass is 315 g/mol. The van der Waals surface area contributed by atoms with E-state index >= 15 is 0 Å². The fourth-order valence-corrected chi connectivity index (χ4v) is 1.89. The third-order valence-corrected chi connectivity index (χ3v) is 3.02. The number of carbonyl (C=O) groups excluding carboxylic acids is 1. The molecule has 0 fully saturated rings. The van der Waals surface area contributed by atoms with Crippen molar-refractivity contribution in [3.63, 3.8) is 0 Å². The molecule has 0 heterocycles. The summed E-state index contributed by atoms with van der Waals surface area (Å²) in [4.78, 5) is 11.2. The van der Waals surface area contributed by atoms with Crippen molar-refractivity contribution in [1.82, 2.24) is 0 Å². The van der Waals surface area contributed by atoms with Gasteiger partial charge in [-0.1, -0.05) is 28.1 Å². The number of esters is 1. The number of benzene rings is 1. The minimum absolute atomic E-state index is 0.203. The number of nitrogens with two attached hydrogens (primary N) is 1. The summed E-state index contributed by atoms with van der Waals surface area (Å²) >= 11 is 3.36. The highest BCUT2D eigenvalue weighted by Crippen LogP contribution is 2.13. The normalized spacial score (nSPS) is 14.0. The van der Waals surface area contributed by atoms with E-state index in [-0.39, 0.29) is 19.1 Å². The summed E-state index contributed by atoms with van der Waals surface area (Å²) in [6.07, 6.45) is -0.325. The van der Waals surface area contributed by atoms with Gasteiger partial charge in [0, 0.05) is 10.5 Å². The van der Waals surface area contributed by atoms with Crippen LogP contribution >= 0.6 is 15.9 Å². The molecule has 5 heteroatoms. The van der Waals surface area contributed by atoms with Crippen molar-refractivity contribution in [3.8, 4) is 0 Å². The van der Waals surface area contributed by atoms with Gasteiger partial charge in [0.05, 0.1) is 6.61 Å². The average Bonchev–Trinajstić information content (AvgIpc) is 2.32. The number of halogens is 1. The van der Waals surface area contributed by atoms with Gasteiger partial charge in [0.25, 0.3) is 0 Å². The molecule has 0 aliphatic heterocycles. The van der Waals surface area contributed by atoms with Crippen molar-refractivity contribution >= 4 is 21.9 Å². The molecule has 0 saturated carbocycles. The van der Waals surface area contributed by atoms with Crippen molar-refractivity contribution < 1.29 is 14.6 Å². The molecular weight excluding hydrogens is 298 g/mol. The first-order valence-electron chi connectivity index (χ1n) is 5.87. The van der Waals surface area contributed by atoms with Crippen LogP contribution in [0.25, 0.3) is 0 Å². The molecule has 0 radical (unpaired) electrons. The number of aliphatic hydroxyl groups excluding tert-OH is 1. The van der Waals surface area contributed by atoms with Crippen molar-refractivity contribution in [2.24, 2.45) is 5.73 Å². The third kappa shape index (κ3) is 5.16. The van der Waals surface area contributed by atoms with Crippen molar-refractivity contribution in [2.75, 3.05) is 6.61 Å². The lowest BCUT2D eigenvalue weighted by atomic mass is 10.0. The average molecular weight is 316 g/mol. The molecule has 0 aromatic heterocycles. The molecule has 0 amide bonds. The van der Waals surface area contributed by atoms with E-state index in [0.717, 1.165) is 10.0 Å². The van der Waals surface area contributed by atoms with Gasteiger partial charge in [-0.05, 0) is 37.5 Å². The van der Waals surface area contributed by atoms with Crippen LogP contribution in [-0.4, -0.2) is 29.8 Å². The topological polar surface area (TPSA) is 72.5 Å². The maximum atomic E-state index is 11.2. The number of hydrogen-bond donors (Lipinski definition) is 2. The van der Waals surface area contributed by atoms with E-state index in [0.29, 0.717) is 6.42 Å². The van der Waals surface area contributed by atoms with Crippen LogP contribution in [0.3, 0.4) is 0 Å². The van der Waals surface area contributed by atoms with Gasteiger partial charge < -0.3 is 15.6 Å². The quantitative estimate of drug-likeness (QED) is 0.783. The molecule has 100 valence electrons. The second-order valence-corrected chi connectivity index (χ2v) is 5.01. The number of hydrogen-bond acceptors (Lipinski definition) is 4. The van der Waals surface area contributed by atoms with Gasteiger partial charge in [-0.3, -0.25) is 0 Å². The Bertz CT molecular complexity index is 380. The molecule has 3 N–H and O–H groups in total. The maximum Gasteiger partial charge on any atom is 0.335 e. The summed E-state index contributed by atoms with van der Waals surface area (Å²) in [6.45, 7) is 1.96. The SMILES string of the molecule is CCOC(=O)C(O)CC(N)Cc1ccc(Br)cc1. The Balaban J connectivity index is 2.43. The second kappa shape index (κ2) is 7.51. The number of aliphatic hydroxyl groups is 1. The molecule has 1 aromatic rings. The number of carbonyl (C=O) groups is 1. The van der Waals surface area contributed by atoms with E-state index in [4.69, 9.17) is 10.5 Å². The lowest BCUT2D eigenvalue weighted by Crippen LogP contribution is -2.33. The van der Waals surface area contributed by atoms with Crippen LogP contribution in [0.15, 0.2) is 28.7 Å². The van der Waals surface area contributed by atoms with E-state index in [1.807, 2.05) is 24.3 Å². The van der Waals surface area contributed by atoms with E-state index in [1.54, 1.807) is 6.92 Å². The van der Waals surface area contributed by atoms with E-state index in [2.05, 4.69) is 15.9 Å². The molecule has 4 nitrogen and oxygen atoms in total. The lowest BCUT2D eigenvalue weighted by molar-refractivity contribution is -0.153. The van der Waals surface area contributed by atoms with Crippen LogP contribution in [-0.2, 0) is 16.0 Å². The second-order valence-electron chi connectivity index (χ2n) is 4.09. The Morgan fingerprint density at radius 1 is 1.44 bits per heavy atom. The number of rotatable bonds is 6. The summed E-state index contributed by atoms with van der Waals surface area (Å²) in [5.41, 5.74) is 6.97. The Kier molecular flexibility index (Phi) is 6.32. The first kappa shape index (κ1) is 15.1. The van der Waals surface area contributed by atoms with Gasteiger partial charge in [-0.15, -0.1) is 0 Å². The smallest absolute Gasteiger partial charge is 0.335 e. The van der Waals surface area contributed by atoms with Gasteiger partial charge >= 0.3 is 5.97 Å². The van der Waals surface area contributed by atoms with Crippen LogP contribution in [0, 0.1) is 0 Å². The molecule has 0 spiro atoms. The van der Waals surface area contributed by atoms with Crippen LogP contribution in [0.2, 0.25) is 0 Å². The molecule has 1 aromatic carbocycles. The molecule has 1 rings (SSSR count). The Hall–Kier alpha value is -0.910. The molecule has 0 aliphatic rings. The zero-order valence-electron chi connectivity index (χ0n) is 10.3. The highest BCUT2D eigenvalue weighted by molar-refractivity contribution is 9.10. The first-order valence-corrected chi connectivity index (χ1v) is 6.67. The standard InChI is InChI=1S/C13H18BrNO3/c1-2-18-13(17)12(16)8-11(15)7-9-3-5-10(14)6-4-9/h3-6,11-12,16H,2,7-8,15H2,1H3. The summed E-state index contributed by atoms with van der Waals surface area (Å²) in [5.74, 6) is -0.608. The van der Waals surface area contributed by atoms with Crippen LogP contribution in [0.4, 0.5) is 0 Å². The predicted octanol–water partition coefficient (Wildman–Crippen LogP) is 1.63. The fourth-order valence-electron chi connectivity index (χ4n) is 1.63. The molecule has 0 bridgehead atoms. The molecule has 2 unspecified atom stereocenters. The van der Waals surface area contributed by atoms with Crippen LogP contribution < -0.4 is 5.73 Å². The molecule has 2 atom stereocenters. The Morgan fingerprint density at radius 2 is 2.06 bits per heavy atom. The first-order chi connectivity index (χ1) is 8.52. The summed E-state index contributed by atoms with van der Waals surface area (Å²) in [5, 5.41) is 9.58. The summed E-state index contributed by atoms with van der Waals surface area (Å²) in [6, 6.07) is 7.51.